The number of nitrogens with two attached hydrogens (primary N) is 1. The fourth-order valence-electron chi connectivity index (χ4n) is 1.08. The molecule has 0 amide bonds. The Labute approximate surface area is 78.8 Å². The van der Waals surface area contributed by atoms with E-state index in [4.69, 9.17) is 5.73 Å². The zero-order valence-corrected chi connectivity index (χ0v) is 8.58. The molecular weight excluding hydrogens is 188 g/mol. The number of rotatable bonds is 2. The molecule has 0 aliphatic carbocycles. The van der Waals surface area contributed by atoms with E-state index < -0.39 is 10.0 Å². The molecule has 74 valence electrons. The van der Waals surface area contributed by atoms with E-state index >= 15 is 0 Å². The van der Waals surface area contributed by atoms with Crippen molar-refractivity contribution in [3.63, 3.8) is 0 Å². The van der Waals surface area contributed by atoms with E-state index in [2.05, 4.69) is 0 Å². The molecule has 4 nitrogen and oxygen atoms in total. The van der Waals surface area contributed by atoms with E-state index in [9.17, 15) is 8.42 Å². The van der Waals surface area contributed by atoms with Crippen LogP contribution < -0.4 is 5.73 Å². The van der Waals surface area contributed by atoms with Crippen LogP contribution in [0.25, 0.3) is 0 Å². The van der Waals surface area contributed by atoms with Crippen molar-refractivity contribution in [3.05, 3.63) is 23.9 Å². The van der Waals surface area contributed by atoms with Crippen LogP contribution in [0, 0.1) is 0 Å². The summed E-state index contributed by atoms with van der Waals surface area (Å²) in [7, 11) is -3.11. The predicted molar refractivity (Wildman–Crippen MR) is 52.4 cm³/mol. The maximum absolute atomic E-state index is 11.1. The number of hydrogen-bond donors (Lipinski definition) is 1. The average molecular weight is 202 g/mol. The molecular formula is C8H14N2O2S. The number of nitrogens with zero attached hydrogens (tertiary/aromatic N) is 1. The van der Waals surface area contributed by atoms with Crippen LogP contribution in [-0.2, 0) is 10.0 Å². The third-order valence-electron chi connectivity index (χ3n) is 1.89. The molecule has 0 fully saturated rings. The fraction of sp³-hybridized carbons (Fsp3) is 0.500. The minimum Gasteiger partial charge on any atom is -0.324 e. The Morgan fingerprint density at radius 2 is 2.23 bits per heavy atom. The highest BCUT2D eigenvalue weighted by molar-refractivity contribution is 7.88. The van der Waals surface area contributed by atoms with Gasteiger partial charge < -0.3 is 5.73 Å². The van der Waals surface area contributed by atoms with Gasteiger partial charge in [0.15, 0.2) is 0 Å². The van der Waals surface area contributed by atoms with Gasteiger partial charge in [-0.15, -0.1) is 0 Å². The first kappa shape index (κ1) is 10.3. The standard InChI is InChI=1S/C8H14N2O2S/c1-7(9)8-3-5-10(6-4-8)13(2,11)12/h3-5,7H,6,9H2,1-2H3/t7-/m0/s1. The van der Waals surface area contributed by atoms with Gasteiger partial charge in [0.1, 0.15) is 0 Å². The molecule has 0 aromatic rings. The Kier molecular flexibility index (Phi) is 2.77. The largest absolute Gasteiger partial charge is 0.324 e. The number of hydrogen-bond acceptors (Lipinski definition) is 3. The molecule has 1 heterocycles. The molecule has 1 rings (SSSR count). The third-order valence-corrected chi connectivity index (χ3v) is 3.01. The SMILES string of the molecule is C[C@H](N)C1=CCN(S(C)(=O)=O)C=C1. The van der Waals surface area contributed by atoms with E-state index in [0.717, 1.165) is 5.57 Å². The molecule has 0 saturated heterocycles. The Bertz CT molecular complexity index is 341. The minimum atomic E-state index is -3.11. The van der Waals surface area contributed by atoms with Crippen molar-refractivity contribution in [3.8, 4) is 0 Å². The van der Waals surface area contributed by atoms with E-state index in [1.54, 1.807) is 12.3 Å². The van der Waals surface area contributed by atoms with Gasteiger partial charge >= 0.3 is 0 Å². The molecule has 0 bridgehead atoms. The van der Waals surface area contributed by atoms with Gasteiger partial charge in [-0.05, 0) is 18.6 Å². The summed E-state index contributed by atoms with van der Waals surface area (Å²) >= 11 is 0. The normalized spacial score (nSPS) is 19.9. The summed E-state index contributed by atoms with van der Waals surface area (Å²) in [6, 6.07) is -0.0436. The quantitative estimate of drug-likeness (QED) is 0.688. The van der Waals surface area contributed by atoms with Gasteiger partial charge in [0.25, 0.3) is 0 Å². The van der Waals surface area contributed by atoms with E-state index in [1.807, 2.05) is 13.0 Å². The molecule has 13 heavy (non-hydrogen) atoms. The van der Waals surface area contributed by atoms with Crippen molar-refractivity contribution in [2.45, 2.75) is 13.0 Å². The van der Waals surface area contributed by atoms with Gasteiger partial charge in [0, 0.05) is 12.2 Å². The number of sulfonamides is 1. The molecule has 0 radical (unpaired) electrons. The van der Waals surface area contributed by atoms with Crippen molar-refractivity contribution < 1.29 is 8.42 Å². The van der Waals surface area contributed by atoms with Crippen LogP contribution in [0.5, 0.6) is 0 Å². The van der Waals surface area contributed by atoms with Gasteiger partial charge in [-0.25, -0.2) is 8.42 Å². The van der Waals surface area contributed by atoms with E-state index in [-0.39, 0.29) is 6.04 Å². The third kappa shape index (κ3) is 2.57. The molecule has 0 saturated carbocycles. The molecule has 1 aliphatic heterocycles. The molecule has 0 aromatic heterocycles. The lowest BCUT2D eigenvalue weighted by molar-refractivity contribution is 0.524. The fourth-order valence-corrected chi connectivity index (χ4v) is 1.70. The van der Waals surface area contributed by atoms with E-state index in [1.165, 1.54) is 10.6 Å². The van der Waals surface area contributed by atoms with Gasteiger partial charge in [-0.3, -0.25) is 4.31 Å². The molecule has 2 N–H and O–H groups in total. The topological polar surface area (TPSA) is 63.4 Å². The van der Waals surface area contributed by atoms with Crippen molar-refractivity contribution >= 4 is 10.0 Å². The smallest absolute Gasteiger partial charge is 0.232 e. The second-order valence-corrected chi connectivity index (χ2v) is 5.08. The van der Waals surface area contributed by atoms with Gasteiger partial charge in [-0.2, -0.15) is 0 Å². The van der Waals surface area contributed by atoms with Crippen LogP contribution in [0.3, 0.4) is 0 Å². The Hall–Kier alpha value is -0.810. The maximum Gasteiger partial charge on any atom is 0.232 e. The predicted octanol–water partition coefficient (Wildman–Crippen LogP) is 0.0489. The second kappa shape index (κ2) is 3.51. The zero-order valence-electron chi connectivity index (χ0n) is 7.77. The Morgan fingerprint density at radius 1 is 1.62 bits per heavy atom. The molecule has 1 atom stereocenters. The highest BCUT2D eigenvalue weighted by atomic mass is 32.2. The summed E-state index contributed by atoms with van der Waals surface area (Å²) in [6.07, 6.45) is 6.29. The summed E-state index contributed by atoms with van der Waals surface area (Å²) < 4.78 is 23.4. The van der Waals surface area contributed by atoms with Crippen molar-refractivity contribution in [1.29, 1.82) is 0 Å². The van der Waals surface area contributed by atoms with Crippen LogP contribution in [-0.4, -0.2) is 31.6 Å². The molecule has 0 aromatic carbocycles. The summed E-state index contributed by atoms with van der Waals surface area (Å²) in [6.45, 7) is 2.25. The minimum absolute atomic E-state index is 0.0436. The lowest BCUT2D eigenvalue weighted by Crippen LogP contribution is -2.29. The van der Waals surface area contributed by atoms with Gasteiger partial charge in [-0.1, -0.05) is 6.08 Å². The van der Waals surface area contributed by atoms with E-state index in [0.29, 0.717) is 6.54 Å². The first-order valence-electron chi connectivity index (χ1n) is 4.02. The zero-order chi connectivity index (χ0) is 10.1. The lowest BCUT2D eigenvalue weighted by atomic mass is 10.1. The monoisotopic (exact) mass is 202 g/mol. The first-order chi connectivity index (χ1) is 5.91. The average Bonchev–Trinajstić information content (AvgIpc) is 2.03. The Morgan fingerprint density at radius 3 is 2.54 bits per heavy atom. The lowest BCUT2D eigenvalue weighted by Gasteiger charge is -2.21. The summed E-state index contributed by atoms with van der Waals surface area (Å²) in [5, 5.41) is 0. The van der Waals surface area contributed by atoms with Crippen LogP contribution in [0.2, 0.25) is 0 Å². The van der Waals surface area contributed by atoms with Crippen molar-refractivity contribution in [1.82, 2.24) is 4.31 Å². The summed E-state index contributed by atoms with van der Waals surface area (Å²) in [5.74, 6) is 0. The highest BCUT2D eigenvalue weighted by Crippen LogP contribution is 2.11. The van der Waals surface area contributed by atoms with Crippen LogP contribution in [0.15, 0.2) is 23.9 Å². The van der Waals surface area contributed by atoms with Crippen LogP contribution >= 0.6 is 0 Å². The maximum atomic E-state index is 11.1. The van der Waals surface area contributed by atoms with Gasteiger partial charge in [0.05, 0.1) is 12.8 Å². The summed E-state index contributed by atoms with van der Waals surface area (Å²) in [4.78, 5) is 0. The first-order valence-corrected chi connectivity index (χ1v) is 5.87. The van der Waals surface area contributed by atoms with Crippen molar-refractivity contribution in [2.75, 3.05) is 12.8 Å². The van der Waals surface area contributed by atoms with Crippen LogP contribution in [0.1, 0.15) is 6.92 Å². The Balaban J connectivity index is 2.75. The van der Waals surface area contributed by atoms with Gasteiger partial charge in [0.2, 0.25) is 10.0 Å². The van der Waals surface area contributed by atoms with Crippen LogP contribution in [0.4, 0.5) is 0 Å². The highest BCUT2D eigenvalue weighted by Gasteiger charge is 2.14. The molecule has 5 heteroatoms. The molecule has 0 unspecified atom stereocenters. The second-order valence-electron chi connectivity index (χ2n) is 3.14. The van der Waals surface area contributed by atoms with Crippen molar-refractivity contribution in [2.24, 2.45) is 5.73 Å². The molecule has 1 aliphatic rings. The summed E-state index contributed by atoms with van der Waals surface area (Å²) in [5.41, 5.74) is 6.61. The molecule has 0 spiro atoms.